The number of carbonyl (C=O) groups is 1. The first-order chi connectivity index (χ1) is 8.16. The highest BCUT2D eigenvalue weighted by molar-refractivity contribution is 7.99. The van der Waals surface area contributed by atoms with Gasteiger partial charge in [0.15, 0.2) is 11.0 Å². The first-order valence-corrected chi connectivity index (χ1v) is 5.81. The van der Waals surface area contributed by atoms with E-state index in [0.29, 0.717) is 11.0 Å². The summed E-state index contributed by atoms with van der Waals surface area (Å²) in [6.07, 6.45) is 3.32. The molecule has 17 heavy (non-hydrogen) atoms. The van der Waals surface area contributed by atoms with Crippen molar-refractivity contribution >= 4 is 17.7 Å². The van der Waals surface area contributed by atoms with E-state index in [-0.39, 0.29) is 5.75 Å². The number of nitrogens with zero attached hydrogens (tertiary/aromatic N) is 4. The molecule has 0 saturated carbocycles. The third-order valence-corrected chi connectivity index (χ3v) is 2.99. The lowest BCUT2D eigenvalue weighted by molar-refractivity contribution is -0.133. The summed E-state index contributed by atoms with van der Waals surface area (Å²) < 4.78 is 1.57. The molecular weight excluding hydrogens is 240 g/mol. The van der Waals surface area contributed by atoms with Gasteiger partial charge in [-0.15, -0.1) is 0 Å². The molecule has 0 saturated heterocycles. The fourth-order valence-electron chi connectivity index (χ4n) is 1.25. The van der Waals surface area contributed by atoms with Crippen LogP contribution in [0.1, 0.15) is 0 Å². The minimum atomic E-state index is -0.872. The maximum atomic E-state index is 10.5. The third kappa shape index (κ3) is 2.82. The maximum absolute atomic E-state index is 10.5. The Hall–Kier alpha value is -1.89. The molecule has 0 aliphatic rings. The Morgan fingerprint density at radius 3 is 2.82 bits per heavy atom. The lowest BCUT2D eigenvalue weighted by Crippen LogP contribution is -2.00. The van der Waals surface area contributed by atoms with E-state index in [4.69, 9.17) is 5.11 Å². The maximum Gasteiger partial charge on any atom is 0.313 e. The molecule has 7 heteroatoms. The van der Waals surface area contributed by atoms with Gasteiger partial charge in [0.2, 0.25) is 0 Å². The van der Waals surface area contributed by atoms with Crippen molar-refractivity contribution in [2.45, 2.75) is 5.16 Å². The molecule has 2 aromatic rings. The van der Waals surface area contributed by atoms with Gasteiger partial charge >= 0.3 is 5.97 Å². The van der Waals surface area contributed by atoms with E-state index in [1.807, 2.05) is 0 Å². The van der Waals surface area contributed by atoms with Crippen LogP contribution in [0.2, 0.25) is 0 Å². The summed E-state index contributed by atoms with van der Waals surface area (Å²) in [4.78, 5) is 18.7. The summed E-state index contributed by atoms with van der Waals surface area (Å²) in [5, 5.41) is 13.4. The summed E-state index contributed by atoms with van der Waals surface area (Å²) in [6.45, 7) is 0. The van der Waals surface area contributed by atoms with Crippen LogP contribution >= 0.6 is 11.8 Å². The van der Waals surface area contributed by atoms with E-state index in [2.05, 4.69) is 15.1 Å². The Morgan fingerprint density at radius 2 is 2.18 bits per heavy atom. The van der Waals surface area contributed by atoms with Crippen LogP contribution < -0.4 is 0 Å². The zero-order chi connectivity index (χ0) is 12.3. The van der Waals surface area contributed by atoms with Gasteiger partial charge in [-0.3, -0.25) is 9.78 Å². The van der Waals surface area contributed by atoms with Gasteiger partial charge in [0.1, 0.15) is 0 Å². The standard InChI is InChI=1S/C10H10N4O2S/c1-14-10(17-6-8(15)16)12-9(13-14)7-2-4-11-5-3-7/h2-5H,6H2,1H3,(H,15,16). The van der Waals surface area contributed by atoms with E-state index < -0.39 is 5.97 Å². The molecule has 0 spiro atoms. The zero-order valence-corrected chi connectivity index (χ0v) is 9.89. The fraction of sp³-hybridized carbons (Fsp3) is 0.200. The third-order valence-electron chi connectivity index (χ3n) is 1.99. The van der Waals surface area contributed by atoms with Gasteiger partial charge in [-0.2, -0.15) is 5.10 Å². The Morgan fingerprint density at radius 1 is 1.47 bits per heavy atom. The normalized spacial score (nSPS) is 10.4. The van der Waals surface area contributed by atoms with Crippen molar-refractivity contribution in [3.63, 3.8) is 0 Å². The minimum Gasteiger partial charge on any atom is -0.481 e. The van der Waals surface area contributed by atoms with Gasteiger partial charge in [0.25, 0.3) is 0 Å². The Balaban J connectivity index is 2.22. The van der Waals surface area contributed by atoms with Crippen LogP contribution in [0.15, 0.2) is 29.7 Å². The number of aromatic nitrogens is 4. The topological polar surface area (TPSA) is 80.9 Å². The molecule has 2 rings (SSSR count). The van der Waals surface area contributed by atoms with Crippen LogP contribution in [-0.4, -0.2) is 36.6 Å². The first-order valence-electron chi connectivity index (χ1n) is 4.83. The molecule has 0 atom stereocenters. The van der Waals surface area contributed by atoms with E-state index in [1.54, 1.807) is 36.3 Å². The summed E-state index contributed by atoms with van der Waals surface area (Å²) in [5.74, 6) is -0.325. The lowest BCUT2D eigenvalue weighted by Gasteiger charge is -1.94. The second-order valence-corrected chi connectivity index (χ2v) is 4.20. The number of carboxylic acids is 1. The van der Waals surface area contributed by atoms with E-state index in [0.717, 1.165) is 17.3 Å². The predicted octanol–water partition coefficient (Wildman–Crippen LogP) is 1.05. The summed E-state index contributed by atoms with van der Waals surface area (Å²) in [6, 6.07) is 3.61. The molecule has 0 aromatic carbocycles. The number of hydrogen-bond acceptors (Lipinski definition) is 5. The second-order valence-electron chi connectivity index (χ2n) is 3.26. The average Bonchev–Trinajstić information content (AvgIpc) is 2.69. The first kappa shape index (κ1) is 11.6. The molecule has 1 N–H and O–H groups in total. The molecule has 0 aliphatic carbocycles. The SMILES string of the molecule is Cn1nc(-c2ccncc2)nc1SCC(=O)O. The van der Waals surface area contributed by atoms with Crippen molar-refractivity contribution in [3.8, 4) is 11.4 Å². The second kappa shape index (κ2) is 4.96. The van der Waals surface area contributed by atoms with Crippen molar-refractivity contribution in [2.75, 3.05) is 5.75 Å². The molecule has 6 nitrogen and oxygen atoms in total. The Bertz CT molecular complexity index is 526. The smallest absolute Gasteiger partial charge is 0.313 e. The van der Waals surface area contributed by atoms with Crippen LogP contribution in [0.3, 0.4) is 0 Å². The van der Waals surface area contributed by atoms with Gasteiger partial charge in [-0.25, -0.2) is 9.67 Å². The highest BCUT2D eigenvalue weighted by Gasteiger charge is 2.10. The number of pyridine rings is 1. The van der Waals surface area contributed by atoms with Crippen LogP contribution in [0.5, 0.6) is 0 Å². The highest BCUT2D eigenvalue weighted by atomic mass is 32.2. The van der Waals surface area contributed by atoms with E-state index in [1.165, 1.54) is 0 Å². The molecule has 0 bridgehead atoms. The van der Waals surface area contributed by atoms with Crippen molar-refractivity contribution in [3.05, 3.63) is 24.5 Å². The molecule has 2 aromatic heterocycles. The fourth-order valence-corrected chi connectivity index (χ4v) is 1.88. The van der Waals surface area contributed by atoms with Crippen LogP contribution in [0, 0.1) is 0 Å². The van der Waals surface area contributed by atoms with Gasteiger partial charge in [-0.05, 0) is 12.1 Å². The molecular formula is C10H10N4O2S. The average molecular weight is 250 g/mol. The van der Waals surface area contributed by atoms with Crippen LogP contribution in [-0.2, 0) is 11.8 Å². The minimum absolute atomic E-state index is 0.0255. The predicted molar refractivity (Wildman–Crippen MR) is 62.6 cm³/mol. The number of aryl methyl sites for hydroxylation is 1. The molecule has 2 heterocycles. The van der Waals surface area contributed by atoms with E-state index >= 15 is 0 Å². The summed E-state index contributed by atoms with van der Waals surface area (Å²) >= 11 is 1.14. The largest absolute Gasteiger partial charge is 0.481 e. The summed E-state index contributed by atoms with van der Waals surface area (Å²) in [5.41, 5.74) is 0.859. The Labute approximate surface area is 102 Å². The van der Waals surface area contributed by atoms with Crippen LogP contribution in [0.25, 0.3) is 11.4 Å². The molecule has 0 unspecified atom stereocenters. The number of aliphatic carboxylic acids is 1. The number of rotatable bonds is 4. The molecule has 88 valence electrons. The van der Waals surface area contributed by atoms with Gasteiger partial charge in [-0.1, -0.05) is 11.8 Å². The van der Waals surface area contributed by atoms with Gasteiger partial charge < -0.3 is 5.11 Å². The van der Waals surface area contributed by atoms with Gasteiger partial charge in [0.05, 0.1) is 5.75 Å². The van der Waals surface area contributed by atoms with Crippen molar-refractivity contribution in [2.24, 2.45) is 7.05 Å². The molecule has 0 aliphatic heterocycles. The van der Waals surface area contributed by atoms with Crippen molar-refractivity contribution in [1.29, 1.82) is 0 Å². The lowest BCUT2D eigenvalue weighted by atomic mass is 10.3. The zero-order valence-electron chi connectivity index (χ0n) is 9.07. The number of hydrogen-bond donors (Lipinski definition) is 1. The summed E-state index contributed by atoms with van der Waals surface area (Å²) in [7, 11) is 1.74. The van der Waals surface area contributed by atoms with E-state index in [9.17, 15) is 4.79 Å². The highest BCUT2D eigenvalue weighted by Crippen LogP contribution is 2.20. The molecule has 0 fully saturated rings. The number of carboxylic acid groups (broad SMARTS) is 1. The quantitative estimate of drug-likeness (QED) is 0.817. The monoisotopic (exact) mass is 250 g/mol. The Kier molecular flexibility index (Phi) is 3.38. The molecule has 0 radical (unpaired) electrons. The molecule has 0 amide bonds. The van der Waals surface area contributed by atoms with Crippen LogP contribution in [0.4, 0.5) is 0 Å². The van der Waals surface area contributed by atoms with Crippen molar-refractivity contribution < 1.29 is 9.90 Å². The van der Waals surface area contributed by atoms with Crippen molar-refractivity contribution in [1.82, 2.24) is 19.7 Å². The number of thioether (sulfide) groups is 1. The van der Waals surface area contributed by atoms with Gasteiger partial charge in [0, 0.05) is 25.0 Å².